The number of benzene rings is 1. The molecule has 0 spiro atoms. The Morgan fingerprint density at radius 2 is 1.93 bits per heavy atom. The predicted molar refractivity (Wildman–Crippen MR) is 113 cm³/mol. The summed E-state index contributed by atoms with van der Waals surface area (Å²) >= 11 is 19.2. The summed E-state index contributed by atoms with van der Waals surface area (Å²) in [6, 6.07) is 2.95. The van der Waals surface area contributed by atoms with Gasteiger partial charge in [0.1, 0.15) is 5.75 Å². The second-order valence-corrected chi connectivity index (χ2v) is 8.71. The minimum atomic E-state index is -0.336. The average molecular weight is 465 g/mol. The van der Waals surface area contributed by atoms with Gasteiger partial charge in [-0.15, -0.1) is 11.3 Å². The van der Waals surface area contributed by atoms with Crippen molar-refractivity contribution in [3.05, 3.63) is 38.3 Å². The number of thiazole rings is 1. The highest BCUT2D eigenvalue weighted by Crippen LogP contribution is 2.33. The predicted octanol–water partition coefficient (Wildman–Crippen LogP) is 4.73. The van der Waals surface area contributed by atoms with E-state index in [1.54, 1.807) is 0 Å². The van der Waals surface area contributed by atoms with Crippen molar-refractivity contribution in [3.8, 4) is 5.75 Å². The maximum atomic E-state index is 12.1. The van der Waals surface area contributed by atoms with Crippen molar-refractivity contribution in [1.29, 1.82) is 0 Å². The van der Waals surface area contributed by atoms with Gasteiger partial charge in [-0.3, -0.25) is 15.0 Å². The van der Waals surface area contributed by atoms with Gasteiger partial charge in [-0.25, -0.2) is 4.98 Å². The van der Waals surface area contributed by atoms with E-state index in [1.165, 1.54) is 23.5 Å². The fourth-order valence-electron chi connectivity index (χ4n) is 2.99. The van der Waals surface area contributed by atoms with Gasteiger partial charge >= 0.3 is 0 Å². The number of nitrogens with zero attached hydrogens (tertiary/aromatic N) is 2. The van der Waals surface area contributed by atoms with Crippen molar-refractivity contribution < 1.29 is 14.3 Å². The standard InChI is InChI=1S/C18H20Cl3N3O3S/c1-10-5-24(6-11(2)27-10)7-12-9-28-18(22-12)23-17(25)8-26-16-4-14(20)13(19)3-15(16)21/h3-4,9-11H,5-8H2,1-2H3,(H,22,23,25)/t10-,11-/m0/s1. The van der Waals surface area contributed by atoms with Crippen LogP contribution in [0.3, 0.4) is 0 Å². The fourth-order valence-corrected chi connectivity index (χ4v) is 4.30. The van der Waals surface area contributed by atoms with E-state index >= 15 is 0 Å². The first-order valence-electron chi connectivity index (χ1n) is 8.69. The molecule has 1 aromatic heterocycles. The molecule has 2 aromatic rings. The number of carbonyl (C=O) groups is 1. The Bertz CT molecular complexity index is 839. The van der Waals surface area contributed by atoms with E-state index in [1.807, 2.05) is 5.38 Å². The van der Waals surface area contributed by atoms with Crippen LogP contribution in [-0.2, 0) is 16.1 Å². The van der Waals surface area contributed by atoms with E-state index < -0.39 is 0 Å². The lowest BCUT2D eigenvalue weighted by Crippen LogP contribution is -2.44. The Morgan fingerprint density at radius 1 is 1.25 bits per heavy atom. The Kier molecular flexibility index (Phi) is 7.42. The normalized spacial score (nSPS) is 20.2. The Balaban J connectivity index is 1.51. The Morgan fingerprint density at radius 3 is 2.64 bits per heavy atom. The second-order valence-electron chi connectivity index (χ2n) is 6.63. The molecule has 3 rings (SSSR count). The van der Waals surface area contributed by atoms with Crippen molar-refractivity contribution in [3.63, 3.8) is 0 Å². The van der Waals surface area contributed by atoms with Crippen LogP contribution >= 0.6 is 46.1 Å². The molecule has 1 fully saturated rings. The molecule has 1 aromatic carbocycles. The van der Waals surface area contributed by atoms with Gasteiger partial charge < -0.3 is 9.47 Å². The molecular weight excluding hydrogens is 445 g/mol. The lowest BCUT2D eigenvalue weighted by molar-refractivity contribution is -0.118. The van der Waals surface area contributed by atoms with Crippen molar-refractivity contribution in [2.75, 3.05) is 25.0 Å². The summed E-state index contributed by atoms with van der Waals surface area (Å²) in [6.45, 7) is 6.36. The first-order chi connectivity index (χ1) is 13.3. The van der Waals surface area contributed by atoms with Crippen molar-refractivity contribution in [2.45, 2.75) is 32.6 Å². The van der Waals surface area contributed by atoms with Crippen LogP contribution in [0.4, 0.5) is 5.13 Å². The van der Waals surface area contributed by atoms with E-state index in [9.17, 15) is 4.79 Å². The summed E-state index contributed by atoms with van der Waals surface area (Å²) in [5.74, 6) is -0.0433. The van der Waals surface area contributed by atoms with Crippen LogP contribution in [0.15, 0.2) is 17.5 Å². The minimum absolute atomic E-state index is 0.201. The zero-order valence-electron chi connectivity index (χ0n) is 15.4. The maximum absolute atomic E-state index is 12.1. The lowest BCUT2D eigenvalue weighted by Gasteiger charge is -2.34. The summed E-state index contributed by atoms with van der Waals surface area (Å²) in [7, 11) is 0. The smallest absolute Gasteiger partial charge is 0.264 e. The molecule has 152 valence electrons. The van der Waals surface area contributed by atoms with E-state index in [4.69, 9.17) is 44.3 Å². The first-order valence-corrected chi connectivity index (χ1v) is 10.7. The highest BCUT2D eigenvalue weighted by atomic mass is 35.5. The molecule has 28 heavy (non-hydrogen) atoms. The summed E-state index contributed by atoms with van der Waals surface area (Å²) in [6.07, 6.45) is 0.402. The number of morpholine rings is 1. The summed E-state index contributed by atoms with van der Waals surface area (Å²) in [4.78, 5) is 18.9. The number of hydrogen-bond acceptors (Lipinski definition) is 6. The number of hydrogen-bond donors (Lipinski definition) is 1. The van der Waals surface area contributed by atoms with Gasteiger partial charge in [0.2, 0.25) is 0 Å². The van der Waals surface area contributed by atoms with Crippen molar-refractivity contribution >= 4 is 57.2 Å². The van der Waals surface area contributed by atoms with Crippen LogP contribution in [0.1, 0.15) is 19.5 Å². The molecule has 2 atom stereocenters. The largest absolute Gasteiger partial charge is 0.482 e. The van der Waals surface area contributed by atoms with Gasteiger partial charge in [0, 0.05) is 31.1 Å². The fraction of sp³-hybridized carbons (Fsp3) is 0.444. The number of rotatable bonds is 6. The molecule has 10 heteroatoms. The first kappa shape index (κ1) is 21.6. The van der Waals surface area contributed by atoms with Gasteiger partial charge in [-0.2, -0.15) is 0 Å². The molecule has 1 aliphatic heterocycles. The molecule has 0 radical (unpaired) electrons. The molecule has 1 N–H and O–H groups in total. The van der Waals surface area contributed by atoms with Crippen LogP contribution in [-0.4, -0.2) is 47.7 Å². The van der Waals surface area contributed by atoms with Gasteiger partial charge in [0.15, 0.2) is 11.7 Å². The van der Waals surface area contributed by atoms with Crippen LogP contribution in [0, 0.1) is 0 Å². The summed E-state index contributed by atoms with van der Waals surface area (Å²) in [5.41, 5.74) is 0.912. The Hall–Kier alpha value is -1.09. The summed E-state index contributed by atoms with van der Waals surface area (Å²) < 4.78 is 11.2. The third-order valence-corrected chi connectivity index (χ3v) is 5.84. The van der Waals surface area contributed by atoms with Crippen molar-refractivity contribution in [1.82, 2.24) is 9.88 Å². The van der Waals surface area contributed by atoms with Crippen LogP contribution in [0.25, 0.3) is 0 Å². The molecule has 0 unspecified atom stereocenters. The van der Waals surface area contributed by atoms with E-state index in [-0.39, 0.29) is 29.7 Å². The van der Waals surface area contributed by atoms with Crippen LogP contribution in [0.2, 0.25) is 15.1 Å². The molecule has 1 saturated heterocycles. The third kappa shape index (κ3) is 5.95. The van der Waals surface area contributed by atoms with Crippen LogP contribution < -0.4 is 10.1 Å². The van der Waals surface area contributed by atoms with Gasteiger partial charge in [0.05, 0.1) is 33.0 Å². The number of nitrogens with one attached hydrogen (secondary N) is 1. The number of ether oxygens (including phenoxy) is 2. The number of amides is 1. The van der Waals surface area contributed by atoms with E-state index in [0.29, 0.717) is 20.9 Å². The molecule has 1 aliphatic rings. The monoisotopic (exact) mass is 463 g/mol. The average Bonchev–Trinajstić information content (AvgIpc) is 3.02. The molecule has 0 bridgehead atoms. The van der Waals surface area contributed by atoms with Gasteiger partial charge in [-0.05, 0) is 19.9 Å². The maximum Gasteiger partial charge on any atom is 0.264 e. The quantitative estimate of drug-likeness (QED) is 0.626. The highest BCUT2D eigenvalue weighted by Gasteiger charge is 2.22. The zero-order valence-corrected chi connectivity index (χ0v) is 18.5. The second kappa shape index (κ2) is 9.61. The third-order valence-electron chi connectivity index (χ3n) is 4.01. The van der Waals surface area contributed by atoms with E-state index in [0.717, 1.165) is 25.3 Å². The molecule has 0 aliphatic carbocycles. The summed E-state index contributed by atoms with van der Waals surface area (Å²) in [5, 5.41) is 6.11. The lowest BCUT2D eigenvalue weighted by atomic mass is 10.2. The number of anilines is 1. The van der Waals surface area contributed by atoms with Crippen LogP contribution in [0.5, 0.6) is 5.75 Å². The zero-order chi connectivity index (χ0) is 20.3. The molecule has 2 heterocycles. The SMILES string of the molecule is C[C@H]1CN(Cc2csc(NC(=O)COc3cc(Cl)c(Cl)cc3Cl)n2)C[C@H](C)O1. The molecular formula is C18H20Cl3N3O3S. The highest BCUT2D eigenvalue weighted by molar-refractivity contribution is 7.13. The number of halogens is 3. The Labute approximate surface area is 182 Å². The minimum Gasteiger partial charge on any atom is -0.482 e. The topological polar surface area (TPSA) is 63.7 Å². The van der Waals surface area contributed by atoms with Gasteiger partial charge in [0.25, 0.3) is 5.91 Å². The van der Waals surface area contributed by atoms with Gasteiger partial charge in [-0.1, -0.05) is 34.8 Å². The molecule has 1 amide bonds. The van der Waals surface area contributed by atoms with E-state index in [2.05, 4.69) is 29.0 Å². The number of carbonyl (C=O) groups excluding carboxylic acids is 1. The number of aromatic nitrogens is 1. The molecule has 6 nitrogen and oxygen atoms in total. The molecule has 0 saturated carbocycles. The van der Waals surface area contributed by atoms with Crippen molar-refractivity contribution in [2.24, 2.45) is 0 Å².